The molecule has 124 valence electrons. The molecule has 5 nitrogen and oxygen atoms in total. The number of rotatable bonds is 5. The number of carbonyl (C=O) groups excluding carboxylic acids is 1. The maximum atomic E-state index is 12.3. The molecule has 0 unspecified atom stereocenters. The number of hydrogen-bond donors (Lipinski definition) is 1. The molecule has 1 amide bonds. The van der Waals surface area contributed by atoms with Gasteiger partial charge in [0.2, 0.25) is 0 Å². The third-order valence-electron chi connectivity index (χ3n) is 4.39. The number of nitrogens with zero attached hydrogens (tertiary/aromatic N) is 3. The first-order valence-corrected chi connectivity index (χ1v) is 9.29. The third-order valence-corrected chi connectivity index (χ3v) is 5.77. The van der Waals surface area contributed by atoms with Gasteiger partial charge in [0, 0.05) is 30.8 Å². The molecule has 0 fully saturated rings. The van der Waals surface area contributed by atoms with Gasteiger partial charge in [0.05, 0.1) is 4.88 Å². The zero-order valence-electron chi connectivity index (χ0n) is 13.9. The largest absolute Gasteiger partial charge is 0.351 e. The van der Waals surface area contributed by atoms with Gasteiger partial charge in [-0.2, -0.15) is 0 Å². The summed E-state index contributed by atoms with van der Waals surface area (Å²) < 4.78 is 2.24. The molecular weight excluding hydrogens is 308 g/mol. The number of fused-ring (bicyclic) bond motifs is 1. The SMILES string of the molecule is CCc1sc(C(=O)NCCc2nnc3n2CCCCC3)cc1C. The molecule has 3 rings (SSSR count). The van der Waals surface area contributed by atoms with Gasteiger partial charge in [-0.1, -0.05) is 13.3 Å². The number of nitrogens with one attached hydrogen (secondary N) is 1. The van der Waals surface area contributed by atoms with E-state index in [0.29, 0.717) is 6.54 Å². The molecule has 0 saturated carbocycles. The number of thiophene rings is 1. The highest BCUT2D eigenvalue weighted by molar-refractivity contribution is 7.14. The van der Waals surface area contributed by atoms with Crippen molar-refractivity contribution in [1.82, 2.24) is 20.1 Å². The second kappa shape index (κ2) is 7.25. The van der Waals surface area contributed by atoms with E-state index in [0.717, 1.165) is 42.3 Å². The van der Waals surface area contributed by atoms with Gasteiger partial charge < -0.3 is 9.88 Å². The van der Waals surface area contributed by atoms with E-state index in [4.69, 9.17) is 0 Å². The molecule has 23 heavy (non-hydrogen) atoms. The van der Waals surface area contributed by atoms with Gasteiger partial charge in [-0.25, -0.2) is 0 Å². The Bertz CT molecular complexity index is 689. The lowest BCUT2D eigenvalue weighted by atomic mass is 10.2. The number of aryl methyl sites for hydroxylation is 3. The van der Waals surface area contributed by atoms with E-state index >= 15 is 0 Å². The predicted molar refractivity (Wildman–Crippen MR) is 92.0 cm³/mol. The molecule has 1 aliphatic rings. The van der Waals surface area contributed by atoms with Crippen molar-refractivity contribution in [1.29, 1.82) is 0 Å². The molecule has 1 aliphatic heterocycles. The average molecular weight is 332 g/mol. The molecule has 0 aliphatic carbocycles. The van der Waals surface area contributed by atoms with Crippen LogP contribution in [0.1, 0.15) is 57.9 Å². The summed E-state index contributed by atoms with van der Waals surface area (Å²) in [6.45, 7) is 5.81. The average Bonchev–Trinajstić information content (AvgIpc) is 3.02. The summed E-state index contributed by atoms with van der Waals surface area (Å²) in [5.74, 6) is 2.12. The second-order valence-electron chi connectivity index (χ2n) is 6.07. The van der Waals surface area contributed by atoms with Crippen molar-refractivity contribution >= 4 is 17.2 Å². The number of aromatic nitrogens is 3. The summed E-state index contributed by atoms with van der Waals surface area (Å²) >= 11 is 1.60. The highest BCUT2D eigenvalue weighted by atomic mass is 32.1. The van der Waals surface area contributed by atoms with Crippen LogP contribution < -0.4 is 5.32 Å². The first-order valence-electron chi connectivity index (χ1n) is 8.47. The van der Waals surface area contributed by atoms with Gasteiger partial charge in [0.1, 0.15) is 11.6 Å². The van der Waals surface area contributed by atoms with Crippen LogP contribution in [0.4, 0.5) is 0 Å². The van der Waals surface area contributed by atoms with Crippen molar-refractivity contribution < 1.29 is 4.79 Å². The fourth-order valence-electron chi connectivity index (χ4n) is 3.09. The quantitative estimate of drug-likeness (QED) is 0.916. The Morgan fingerprint density at radius 2 is 2.22 bits per heavy atom. The van der Waals surface area contributed by atoms with E-state index in [1.165, 1.54) is 29.7 Å². The van der Waals surface area contributed by atoms with Crippen molar-refractivity contribution in [2.45, 2.75) is 58.9 Å². The lowest BCUT2D eigenvalue weighted by molar-refractivity contribution is 0.0958. The van der Waals surface area contributed by atoms with Gasteiger partial charge >= 0.3 is 0 Å². The van der Waals surface area contributed by atoms with E-state index < -0.39 is 0 Å². The van der Waals surface area contributed by atoms with Crippen LogP contribution in [-0.4, -0.2) is 27.2 Å². The summed E-state index contributed by atoms with van der Waals surface area (Å²) in [5.41, 5.74) is 1.21. The maximum absolute atomic E-state index is 12.3. The van der Waals surface area contributed by atoms with Crippen molar-refractivity contribution in [3.63, 3.8) is 0 Å². The summed E-state index contributed by atoms with van der Waals surface area (Å²) in [4.78, 5) is 14.3. The van der Waals surface area contributed by atoms with Gasteiger partial charge in [0.15, 0.2) is 0 Å². The molecule has 0 saturated heterocycles. The van der Waals surface area contributed by atoms with Crippen LogP contribution in [-0.2, 0) is 25.8 Å². The van der Waals surface area contributed by atoms with Crippen molar-refractivity contribution in [2.75, 3.05) is 6.54 Å². The van der Waals surface area contributed by atoms with Crippen molar-refractivity contribution in [3.8, 4) is 0 Å². The molecule has 0 bridgehead atoms. The smallest absolute Gasteiger partial charge is 0.261 e. The van der Waals surface area contributed by atoms with Crippen LogP contribution in [0.15, 0.2) is 6.07 Å². The third kappa shape index (κ3) is 3.63. The Hall–Kier alpha value is -1.69. The maximum Gasteiger partial charge on any atom is 0.261 e. The standard InChI is InChI=1S/C17H24N4OS/c1-3-13-12(2)11-14(23-13)17(22)18-9-8-16-20-19-15-7-5-4-6-10-21(15)16/h11H,3-10H2,1-2H3,(H,18,22). The van der Waals surface area contributed by atoms with E-state index in [-0.39, 0.29) is 5.91 Å². The Kier molecular flexibility index (Phi) is 5.10. The summed E-state index contributed by atoms with van der Waals surface area (Å²) in [5, 5.41) is 11.6. The highest BCUT2D eigenvalue weighted by Gasteiger charge is 2.15. The fourth-order valence-corrected chi connectivity index (χ4v) is 4.12. The van der Waals surface area contributed by atoms with Crippen LogP contribution in [0.25, 0.3) is 0 Å². The van der Waals surface area contributed by atoms with Gasteiger partial charge in [-0.15, -0.1) is 21.5 Å². The Balaban J connectivity index is 1.57. The fraction of sp³-hybridized carbons (Fsp3) is 0.588. The van der Waals surface area contributed by atoms with Gasteiger partial charge in [0.25, 0.3) is 5.91 Å². The van der Waals surface area contributed by atoms with Crippen molar-refractivity contribution in [2.24, 2.45) is 0 Å². The minimum Gasteiger partial charge on any atom is -0.351 e. The van der Waals surface area contributed by atoms with Gasteiger partial charge in [-0.3, -0.25) is 4.79 Å². The Morgan fingerprint density at radius 3 is 3.00 bits per heavy atom. The molecule has 0 aromatic carbocycles. The van der Waals surface area contributed by atoms with Gasteiger partial charge in [-0.05, 0) is 37.8 Å². The van der Waals surface area contributed by atoms with Crippen molar-refractivity contribution in [3.05, 3.63) is 33.0 Å². The molecule has 2 aromatic heterocycles. The highest BCUT2D eigenvalue weighted by Crippen LogP contribution is 2.22. The molecule has 0 radical (unpaired) electrons. The lowest BCUT2D eigenvalue weighted by Gasteiger charge is -2.07. The van der Waals surface area contributed by atoms with Crippen LogP contribution in [0.3, 0.4) is 0 Å². The molecule has 2 aromatic rings. The molecule has 6 heteroatoms. The molecule has 0 atom stereocenters. The Labute approximate surface area is 141 Å². The molecular formula is C17H24N4OS. The first kappa shape index (κ1) is 16.2. The van der Waals surface area contributed by atoms with Crippen LogP contribution >= 0.6 is 11.3 Å². The topological polar surface area (TPSA) is 59.8 Å². The number of carbonyl (C=O) groups is 1. The molecule has 0 spiro atoms. The summed E-state index contributed by atoms with van der Waals surface area (Å²) in [6, 6.07) is 1.99. The second-order valence-corrected chi connectivity index (χ2v) is 7.21. The summed E-state index contributed by atoms with van der Waals surface area (Å²) in [7, 11) is 0. The number of amides is 1. The minimum atomic E-state index is 0.0217. The van der Waals surface area contributed by atoms with Crippen LogP contribution in [0.5, 0.6) is 0 Å². The normalized spacial score (nSPS) is 14.3. The monoisotopic (exact) mass is 332 g/mol. The first-order chi connectivity index (χ1) is 11.2. The molecule has 1 N–H and O–H groups in total. The minimum absolute atomic E-state index is 0.0217. The van der Waals surface area contributed by atoms with E-state index in [1.54, 1.807) is 11.3 Å². The zero-order chi connectivity index (χ0) is 16.2. The Morgan fingerprint density at radius 1 is 1.35 bits per heavy atom. The summed E-state index contributed by atoms with van der Waals surface area (Å²) in [6.07, 6.45) is 6.40. The van der Waals surface area contributed by atoms with E-state index in [1.807, 2.05) is 6.07 Å². The molecule has 3 heterocycles. The zero-order valence-corrected chi connectivity index (χ0v) is 14.7. The van der Waals surface area contributed by atoms with E-state index in [2.05, 4.69) is 33.9 Å². The predicted octanol–water partition coefficient (Wildman–Crippen LogP) is 2.91. The van der Waals surface area contributed by atoms with E-state index in [9.17, 15) is 4.79 Å². The van der Waals surface area contributed by atoms with Crippen LogP contribution in [0, 0.1) is 6.92 Å². The lowest BCUT2D eigenvalue weighted by Crippen LogP contribution is -2.25. The number of hydrogen-bond acceptors (Lipinski definition) is 4. The van der Waals surface area contributed by atoms with Crippen LogP contribution in [0.2, 0.25) is 0 Å².